The molecule has 0 aromatic rings. The molecule has 0 radical (unpaired) electrons. The maximum Gasteiger partial charge on any atom is 0.320 e. The smallest absolute Gasteiger partial charge is 0.320 e. The van der Waals surface area contributed by atoms with Crippen LogP contribution < -0.4 is 5.73 Å². The first-order valence-electron chi connectivity index (χ1n) is 10.6. The van der Waals surface area contributed by atoms with Gasteiger partial charge in [-0.1, -0.05) is 38.7 Å². The summed E-state index contributed by atoms with van der Waals surface area (Å²) < 4.78 is 10.9. The highest BCUT2D eigenvalue weighted by Gasteiger charge is 2.57. The summed E-state index contributed by atoms with van der Waals surface area (Å²) in [6.07, 6.45) is 5.23. The Morgan fingerprint density at radius 1 is 1.38 bits per heavy atom. The van der Waals surface area contributed by atoms with Crippen molar-refractivity contribution in [2.45, 2.75) is 58.2 Å². The summed E-state index contributed by atoms with van der Waals surface area (Å²) in [5.74, 6) is 0.494. The number of rotatable bonds is 5. The lowest BCUT2D eigenvalue weighted by Crippen LogP contribution is -2.57. The lowest BCUT2D eigenvalue weighted by molar-refractivity contribution is -0.151. The number of aliphatic hydroxyl groups is 2. The van der Waals surface area contributed by atoms with Gasteiger partial charge in [0, 0.05) is 11.0 Å². The Morgan fingerprint density at radius 2 is 2.10 bits per heavy atom. The first kappa shape index (κ1) is 22.1. The lowest BCUT2D eigenvalue weighted by Gasteiger charge is -2.59. The number of nitrogens with two attached hydrogens (primary N) is 1. The van der Waals surface area contributed by atoms with Crippen LogP contribution in [0.4, 0.5) is 0 Å². The van der Waals surface area contributed by atoms with Crippen molar-refractivity contribution in [3.05, 3.63) is 36.1 Å². The first-order valence-corrected chi connectivity index (χ1v) is 10.6. The van der Waals surface area contributed by atoms with Crippen molar-refractivity contribution in [1.82, 2.24) is 0 Å². The molecule has 6 heteroatoms. The van der Waals surface area contributed by atoms with Crippen LogP contribution in [-0.4, -0.2) is 48.1 Å². The molecule has 1 aliphatic heterocycles. The first-order chi connectivity index (χ1) is 13.7. The number of aliphatic hydroxyl groups excluding tert-OH is 2. The summed E-state index contributed by atoms with van der Waals surface area (Å²) >= 11 is 0. The van der Waals surface area contributed by atoms with E-state index in [2.05, 4.69) is 26.2 Å². The molecular weight excluding hydrogens is 370 g/mol. The lowest BCUT2D eigenvalue weighted by atomic mass is 9.46. The van der Waals surface area contributed by atoms with E-state index in [9.17, 15) is 15.0 Å². The molecule has 0 spiro atoms. The third-order valence-electron chi connectivity index (χ3n) is 7.79. The molecule has 6 atom stereocenters. The van der Waals surface area contributed by atoms with E-state index >= 15 is 0 Å². The van der Waals surface area contributed by atoms with E-state index < -0.39 is 23.6 Å². The molecule has 3 rings (SSSR count). The van der Waals surface area contributed by atoms with Gasteiger partial charge in [0.15, 0.2) is 6.10 Å². The van der Waals surface area contributed by atoms with Gasteiger partial charge in [0.2, 0.25) is 0 Å². The van der Waals surface area contributed by atoms with Crippen molar-refractivity contribution in [1.29, 1.82) is 0 Å². The van der Waals surface area contributed by atoms with Gasteiger partial charge < -0.3 is 25.4 Å². The number of carbonyl (C=O) groups excluding carboxylic acids is 1. The largest absolute Gasteiger partial charge is 0.490 e. The summed E-state index contributed by atoms with van der Waals surface area (Å²) in [7, 11) is 0. The molecule has 0 amide bonds. The van der Waals surface area contributed by atoms with Gasteiger partial charge in [0.25, 0.3) is 0 Å². The zero-order chi connectivity index (χ0) is 21.4. The Balaban J connectivity index is 1.85. The zero-order valence-electron chi connectivity index (χ0n) is 17.7. The Kier molecular flexibility index (Phi) is 6.27. The van der Waals surface area contributed by atoms with Crippen LogP contribution in [0.2, 0.25) is 0 Å². The molecule has 3 aliphatic rings. The molecule has 0 aromatic heterocycles. The molecular formula is C23H35NO5. The van der Waals surface area contributed by atoms with E-state index in [4.69, 9.17) is 15.2 Å². The number of carbonyl (C=O) groups is 1. The molecule has 162 valence electrons. The van der Waals surface area contributed by atoms with Crippen molar-refractivity contribution < 1.29 is 24.5 Å². The van der Waals surface area contributed by atoms with E-state index in [0.717, 1.165) is 31.3 Å². The number of hydrogen-bond donors (Lipinski definition) is 3. The van der Waals surface area contributed by atoms with Crippen LogP contribution in [0.1, 0.15) is 46.0 Å². The molecule has 29 heavy (non-hydrogen) atoms. The van der Waals surface area contributed by atoms with Crippen LogP contribution in [-0.2, 0) is 14.3 Å². The quantitative estimate of drug-likeness (QED) is 0.480. The fourth-order valence-corrected chi connectivity index (χ4v) is 5.96. The van der Waals surface area contributed by atoms with Crippen LogP contribution in [0, 0.1) is 22.7 Å². The van der Waals surface area contributed by atoms with Gasteiger partial charge in [-0.2, -0.15) is 0 Å². The fourth-order valence-electron chi connectivity index (χ4n) is 5.96. The minimum atomic E-state index is -0.502. The average Bonchev–Trinajstić information content (AvgIpc) is 3.03. The van der Waals surface area contributed by atoms with Gasteiger partial charge >= 0.3 is 5.97 Å². The van der Waals surface area contributed by atoms with Gasteiger partial charge in [-0.05, 0) is 49.4 Å². The van der Waals surface area contributed by atoms with Crippen molar-refractivity contribution in [2.75, 3.05) is 19.8 Å². The Hall–Kier alpha value is -1.63. The van der Waals surface area contributed by atoms with Crippen molar-refractivity contribution in [3.63, 3.8) is 0 Å². The highest BCUT2D eigenvalue weighted by Crippen LogP contribution is 2.61. The summed E-state index contributed by atoms with van der Waals surface area (Å²) in [6, 6.07) is 0. The molecule has 2 saturated carbocycles. The zero-order valence-corrected chi connectivity index (χ0v) is 17.7. The molecule has 2 aliphatic carbocycles. The molecule has 1 heterocycles. The average molecular weight is 406 g/mol. The molecule has 0 bridgehead atoms. The third kappa shape index (κ3) is 3.78. The topological polar surface area (TPSA) is 102 Å². The predicted molar refractivity (Wildman–Crippen MR) is 111 cm³/mol. The van der Waals surface area contributed by atoms with Gasteiger partial charge in [-0.15, -0.1) is 0 Å². The maximum absolute atomic E-state index is 11.6. The van der Waals surface area contributed by atoms with Gasteiger partial charge in [-0.3, -0.25) is 4.79 Å². The summed E-state index contributed by atoms with van der Waals surface area (Å²) in [5, 5.41) is 20.8. The number of esters is 1. The third-order valence-corrected chi connectivity index (χ3v) is 7.79. The summed E-state index contributed by atoms with van der Waals surface area (Å²) in [4.78, 5) is 11.6. The van der Waals surface area contributed by atoms with Crippen LogP contribution in [0.25, 0.3) is 0 Å². The highest BCUT2D eigenvalue weighted by molar-refractivity contribution is 5.72. The normalized spacial score (nSPS) is 41.2. The van der Waals surface area contributed by atoms with Crippen LogP contribution in [0.15, 0.2) is 36.1 Å². The van der Waals surface area contributed by atoms with Crippen molar-refractivity contribution in [2.24, 2.45) is 28.4 Å². The van der Waals surface area contributed by atoms with E-state index in [0.29, 0.717) is 12.2 Å². The summed E-state index contributed by atoms with van der Waals surface area (Å²) in [6.45, 7) is 12.7. The van der Waals surface area contributed by atoms with Crippen LogP contribution in [0.5, 0.6) is 0 Å². The van der Waals surface area contributed by atoms with Crippen LogP contribution in [0.3, 0.4) is 0 Å². The van der Waals surface area contributed by atoms with Crippen molar-refractivity contribution >= 4 is 5.97 Å². The van der Waals surface area contributed by atoms with E-state index in [1.807, 2.05) is 6.92 Å². The second kappa shape index (κ2) is 8.25. The highest BCUT2D eigenvalue weighted by atomic mass is 16.6. The molecule has 4 N–H and O–H groups in total. The monoisotopic (exact) mass is 405 g/mol. The molecule has 6 nitrogen and oxygen atoms in total. The fraction of sp³-hybridized carbons (Fsp3) is 0.696. The molecule has 1 saturated heterocycles. The number of fused-ring (bicyclic) bond motifs is 1. The Morgan fingerprint density at radius 3 is 2.76 bits per heavy atom. The van der Waals surface area contributed by atoms with Gasteiger partial charge in [0.1, 0.15) is 12.4 Å². The number of ether oxygens (including phenoxy) is 2. The number of allylic oxidation sites excluding steroid dienone is 2. The SMILES string of the molecule is C=C1OCC(OC(=O)CN)/C1=C\CC1C(=C)CCC2[C@@]1(C)CC[C@@H](O)[C@@]2(C)CO. The molecule has 0 aromatic carbocycles. The van der Waals surface area contributed by atoms with E-state index in [-0.39, 0.29) is 37.0 Å². The standard InChI is InChI=1S/C23H35NO5/c1-14-5-8-19-22(3,10-9-20(26)23(19,4)13-25)17(14)7-6-16-15(2)28-12-18(16)29-21(27)11-24/h6,17-20,25-26H,1-2,5,7-13,24H2,3-4H3/b16-6-/t17?,18?,19?,20-,22+,23+/m1/s1. The van der Waals surface area contributed by atoms with E-state index in [1.54, 1.807) is 0 Å². The second-order valence-electron chi connectivity index (χ2n) is 9.34. The van der Waals surface area contributed by atoms with E-state index in [1.165, 1.54) is 5.57 Å². The van der Waals surface area contributed by atoms with Gasteiger partial charge in [-0.25, -0.2) is 0 Å². The second-order valence-corrected chi connectivity index (χ2v) is 9.34. The Bertz CT molecular complexity index is 716. The Labute approximate surface area is 173 Å². The summed E-state index contributed by atoms with van der Waals surface area (Å²) in [5.41, 5.74) is 6.81. The predicted octanol–water partition coefficient (Wildman–Crippen LogP) is 2.46. The maximum atomic E-state index is 11.6. The van der Waals surface area contributed by atoms with Crippen molar-refractivity contribution in [3.8, 4) is 0 Å². The number of hydrogen-bond acceptors (Lipinski definition) is 6. The minimum Gasteiger partial charge on any atom is -0.490 e. The van der Waals surface area contributed by atoms with Crippen LogP contribution >= 0.6 is 0 Å². The molecule has 3 fully saturated rings. The van der Waals surface area contributed by atoms with Gasteiger partial charge in [0.05, 0.1) is 19.3 Å². The molecule has 3 unspecified atom stereocenters. The minimum absolute atomic E-state index is 0.0174.